The Morgan fingerprint density at radius 2 is 1.72 bits per heavy atom. The maximum absolute atomic E-state index is 13.5. The summed E-state index contributed by atoms with van der Waals surface area (Å²) >= 11 is 0. The van der Waals surface area contributed by atoms with Crippen molar-refractivity contribution in [3.05, 3.63) is 72.3 Å². The van der Waals surface area contributed by atoms with Gasteiger partial charge in [0.1, 0.15) is 18.0 Å². The van der Waals surface area contributed by atoms with Gasteiger partial charge >= 0.3 is 5.97 Å². The second-order valence-electron chi connectivity index (χ2n) is 8.53. The summed E-state index contributed by atoms with van der Waals surface area (Å²) in [6, 6.07) is 14.2. The van der Waals surface area contributed by atoms with Gasteiger partial charge in [0, 0.05) is 29.9 Å². The first kappa shape index (κ1) is 18.4. The molecule has 0 radical (unpaired) electrons. The van der Waals surface area contributed by atoms with E-state index in [9.17, 15) is 9.90 Å². The first-order valence-corrected chi connectivity index (χ1v) is 10.3. The van der Waals surface area contributed by atoms with Gasteiger partial charge in [-0.2, -0.15) is 0 Å². The molecule has 5 nitrogen and oxygen atoms in total. The van der Waals surface area contributed by atoms with Crippen LogP contribution < -0.4 is 4.74 Å². The Labute approximate surface area is 170 Å². The van der Waals surface area contributed by atoms with Gasteiger partial charge in [0.05, 0.1) is 19.6 Å². The Balaban J connectivity index is 1.49. The van der Waals surface area contributed by atoms with E-state index >= 15 is 0 Å². The summed E-state index contributed by atoms with van der Waals surface area (Å²) in [7, 11) is 0. The Kier molecular flexibility index (Phi) is 4.26. The highest BCUT2D eigenvalue weighted by Crippen LogP contribution is 2.48. The second kappa shape index (κ2) is 6.71. The molecule has 0 aromatic heterocycles. The summed E-state index contributed by atoms with van der Waals surface area (Å²) in [5, 5.41) is 11.7. The number of benzene rings is 2. The maximum Gasteiger partial charge on any atom is 0.348 e. The number of aliphatic hydroxyl groups is 1. The molecule has 3 saturated heterocycles. The number of esters is 1. The quantitative estimate of drug-likeness (QED) is 0.492. The van der Waals surface area contributed by atoms with E-state index in [0.717, 1.165) is 43.5 Å². The van der Waals surface area contributed by atoms with Crippen LogP contribution in [0.3, 0.4) is 0 Å². The SMILES string of the molecule is C=CC[N+]12CCC(CC1)[C@@H](OC(=O)C1(O)c3ccccc3Oc3ccccc31)C2. The molecular weight excluding hydrogens is 366 g/mol. The van der Waals surface area contributed by atoms with Crippen molar-refractivity contribution < 1.29 is 23.9 Å². The van der Waals surface area contributed by atoms with Gasteiger partial charge in [-0.25, -0.2) is 4.79 Å². The number of carbonyl (C=O) groups excluding carboxylic acids is 1. The molecule has 4 aliphatic rings. The lowest BCUT2D eigenvalue weighted by molar-refractivity contribution is -0.941. The number of nitrogens with zero attached hydrogens (tertiary/aromatic N) is 1. The van der Waals surface area contributed by atoms with Crippen LogP contribution >= 0.6 is 0 Å². The van der Waals surface area contributed by atoms with Gasteiger partial charge in [0.15, 0.2) is 6.10 Å². The molecule has 0 spiro atoms. The molecule has 0 saturated carbocycles. The molecule has 5 heteroatoms. The highest BCUT2D eigenvalue weighted by atomic mass is 16.6. The van der Waals surface area contributed by atoms with Gasteiger partial charge in [0.25, 0.3) is 0 Å². The van der Waals surface area contributed by atoms with Crippen LogP contribution in [0.4, 0.5) is 0 Å². The Hall–Kier alpha value is -2.63. The van der Waals surface area contributed by atoms with Crippen molar-refractivity contribution in [3.8, 4) is 11.5 Å². The number of hydrogen-bond donors (Lipinski definition) is 1. The number of fused-ring (bicyclic) bond motifs is 5. The lowest BCUT2D eigenvalue weighted by atomic mass is 9.81. The number of hydrogen-bond acceptors (Lipinski definition) is 4. The van der Waals surface area contributed by atoms with E-state index in [4.69, 9.17) is 9.47 Å². The first-order valence-electron chi connectivity index (χ1n) is 10.3. The smallest absolute Gasteiger partial charge is 0.348 e. The predicted octanol–water partition coefficient (Wildman–Crippen LogP) is 3.37. The lowest BCUT2D eigenvalue weighted by Gasteiger charge is -2.52. The number of rotatable bonds is 4. The van der Waals surface area contributed by atoms with Crippen LogP contribution in [-0.2, 0) is 15.1 Å². The molecule has 0 unspecified atom stereocenters. The summed E-state index contributed by atoms with van der Waals surface area (Å²) in [5.74, 6) is 0.707. The van der Waals surface area contributed by atoms with Crippen molar-refractivity contribution in [1.82, 2.24) is 0 Å². The molecule has 2 aromatic rings. The van der Waals surface area contributed by atoms with Crippen molar-refractivity contribution in [3.63, 3.8) is 0 Å². The third-order valence-corrected chi connectivity index (χ3v) is 6.89. The highest BCUT2D eigenvalue weighted by Gasteiger charge is 2.52. The van der Waals surface area contributed by atoms with Crippen LogP contribution in [0.5, 0.6) is 11.5 Å². The van der Waals surface area contributed by atoms with E-state index in [1.165, 1.54) is 0 Å². The van der Waals surface area contributed by atoms with Crippen LogP contribution in [0.1, 0.15) is 24.0 Å². The zero-order valence-electron chi connectivity index (χ0n) is 16.4. The minimum atomic E-state index is -1.87. The van der Waals surface area contributed by atoms with E-state index in [2.05, 4.69) is 6.58 Å². The van der Waals surface area contributed by atoms with E-state index in [0.29, 0.717) is 28.5 Å². The summed E-state index contributed by atoms with van der Waals surface area (Å²) in [6.45, 7) is 7.80. The summed E-state index contributed by atoms with van der Waals surface area (Å²) < 4.78 is 12.9. The molecule has 0 amide bonds. The first-order chi connectivity index (χ1) is 14.1. The molecule has 150 valence electrons. The second-order valence-corrected chi connectivity index (χ2v) is 8.53. The fourth-order valence-corrected chi connectivity index (χ4v) is 5.30. The molecule has 6 rings (SSSR count). The zero-order chi connectivity index (χ0) is 20.1. The molecule has 2 aromatic carbocycles. The lowest BCUT2D eigenvalue weighted by Crippen LogP contribution is -2.64. The molecular formula is C24H26NO4+. The van der Waals surface area contributed by atoms with Gasteiger partial charge in [-0.15, -0.1) is 0 Å². The number of piperidine rings is 3. The van der Waals surface area contributed by atoms with Crippen molar-refractivity contribution in [1.29, 1.82) is 0 Å². The van der Waals surface area contributed by atoms with E-state index in [1.54, 1.807) is 36.4 Å². The molecule has 3 fully saturated rings. The average molecular weight is 392 g/mol. The fourth-order valence-electron chi connectivity index (χ4n) is 5.30. The summed E-state index contributed by atoms with van der Waals surface area (Å²) in [6.07, 6.45) is 3.86. The zero-order valence-corrected chi connectivity index (χ0v) is 16.4. The average Bonchev–Trinajstić information content (AvgIpc) is 2.75. The summed E-state index contributed by atoms with van der Waals surface area (Å²) in [4.78, 5) is 13.5. The third-order valence-electron chi connectivity index (χ3n) is 6.89. The largest absolute Gasteiger partial charge is 0.457 e. The monoisotopic (exact) mass is 392 g/mol. The van der Waals surface area contributed by atoms with Crippen molar-refractivity contribution >= 4 is 5.97 Å². The van der Waals surface area contributed by atoms with Crippen molar-refractivity contribution in [2.24, 2.45) is 5.92 Å². The number of para-hydroxylation sites is 2. The van der Waals surface area contributed by atoms with Crippen molar-refractivity contribution in [2.45, 2.75) is 24.5 Å². The van der Waals surface area contributed by atoms with Crippen LogP contribution in [0.2, 0.25) is 0 Å². The number of quaternary nitrogens is 1. The standard InChI is InChI=1S/C24H26NO4/c1-2-13-25-14-11-17(12-15-25)22(16-25)29-23(26)24(27)18-7-3-5-9-20(18)28-21-10-6-4-8-19(21)24/h2-10,17,22,27H,1,11-16H2/q+1/t17?,22-,25?/m0/s1. The molecule has 4 aliphatic heterocycles. The molecule has 1 N–H and O–H groups in total. The van der Waals surface area contributed by atoms with Gasteiger partial charge in [-0.1, -0.05) is 43.0 Å². The van der Waals surface area contributed by atoms with Crippen LogP contribution in [-0.4, -0.2) is 47.8 Å². The summed E-state index contributed by atoms with van der Waals surface area (Å²) in [5.41, 5.74) is -1.01. The highest BCUT2D eigenvalue weighted by molar-refractivity contribution is 5.88. The molecule has 1 atom stereocenters. The fraction of sp³-hybridized carbons (Fsp3) is 0.375. The third kappa shape index (κ3) is 2.80. The minimum Gasteiger partial charge on any atom is -0.457 e. The molecule has 2 bridgehead atoms. The van der Waals surface area contributed by atoms with E-state index in [-0.39, 0.29) is 6.10 Å². The minimum absolute atomic E-state index is 0.184. The van der Waals surface area contributed by atoms with Gasteiger partial charge in [0.2, 0.25) is 5.60 Å². The van der Waals surface area contributed by atoms with Crippen LogP contribution in [0, 0.1) is 5.92 Å². The number of ether oxygens (including phenoxy) is 2. The van der Waals surface area contributed by atoms with Crippen LogP contribution in [0.25, 0.3) is 0 Å². The number of carbonyl (C=O) groups is 1. The van der Waals surface area contributed by atoms with E-state index < -0.39 is 11.6 Å². The maximum atomic E-state index is 13.5. The predicted molar refractivity (Wildman–Crippen MR) is 108 cm³/mol. The Morgan fingerprint density at radius 1 is 1.14 bits per heavy atom. The van der Waals surface area contributed by atoms with Crippen molar-refractivity contribution in [2.75, 3.05) is 26.2 Å². The molecule has 4 heterocycles. The Bertz CT molecular complexity index is 915. The Morgan fingerprint density at radius 3 is 2.31 bits per heavy atom. The van der Waals surface area contributed by atoms with Gasteiger partial charge in [-0.05, 0) is 18.2 Å². The van der Waals surface area contributed by atoms with Gasteiger partial charge in [-0.3, -0.25) is 0 Å². The normalized spacial score (nSPS) is 28.6. The van der Waals surface area contributed by atoms with Gasteiger partial charge < -0.3 is 19.1 Å². The molecule has 0 aliphatic carbocycles. The molecule has 29 heavy (non-hydrogen) atoms. The van der Waals surface area contributed by atoms with E-state index in [1.807, 2.05) is 18.2 Å². The van der Waals surface area contributed by atoms with Crippen LogP contribution in [0.15, 0.2) is 61.2 Å². The topological polar surface area (TPSA) is 55.8 Å².